The molecule has 0 aliphatic heterocycles. The standard InChI is InChI=1S/C30H30N2O6/c1-3-4-9-27-31-24-15-14-22(29(35)19(2)16-28(33)34)17-25(24)32(27)18-20-10-12-21(13-11-20)23-7-5-6-8-26(23)38-30(36)37/h5-8,10-15,17,19H,3-4,9,16,18H2,1-2H3,(H,33,34)(H,36,37). The van der Waals surface area contributed by atoms with E-state index in [4.69, 9.17) is 19.9 Å². The molecule has 0 fully saturated rings. The van der Waals surface area contributed by atoms with Gasteiger partial charge in [0, 0.05) is 30.0 Å². The Labute approximate surface area is 220 Å². The van der Waals surface area contributed by atoms with Gasteiger partial charge in [-0.1, -0.05) is 62.7 Å². The van der Waals surface area contributed by atoms with E-state index < -0.39 is 18.0 Å². The molecule has 1 heterocycles. The van der Waals surface area contributed by atoms with E-state index in [-0.39, 0.29) is 18.0 Å². The third kappa shape index (κ3) is 6.08. The molecule has 0 saturated carbocycles. The molecule has 3 aromatic carbocycles. The first-order chi connectivity index (χ1) is 18.3. The Morgan fingerprint density at radius 1 is 1.00 bits per heavy atom. The van der Waals surface area contributed by atoms with Gasteiger partial charge in [0.15, 0.2) is 5.78 Å². The number of ether oxygens (including phenoxy) is 1. The number of carboxylic acids is 1. The lowest BCUT2D eigenvalue weighted by Crippen LogP contribution is -2.15. The molecular formula is C30H30N2O6. The maximum absolute atomic E-state index is 12.9. The van der Waals surface area contributed by atoms with Crippen molar-refractivity contribution in [3.05, 3.63) is 83.7 Å². The van der Waals surface area contributed by atoms with Crippen LogP contribution in [0.3, 0.4) is 0 Å². The molecule has 1 aromatic heterocycles. The highest BCUT2D eigenvalue weighted by atomic mass is 16.7. The molecule has 0 bridgehead atoms. The number of hydrogen-bond donors (Lipinski definition) is 2. The Morgan fingerprint density at radius 2 is 1.74 bits per heavy atom. The third-order valence-corrected chi connectivity index (χ3v) is 6.48. The molecule has 0 saturated heterocycles. The monoisotopic (exact) mass is 514 g/mol. The summed E-state index contributed by atoms with van der Waals surface area (Å²) < 4.78 is 7.04. The average Bonchev–Trinajstić information content (AvgIpc) is 3.23. The summed E-state index contributed by atoms with van der Waals surface area (Å²) in [5.41, 5.74) is 4.60. The molecule has 8 heteroatoms. The van der Waals surface area contributed by atoms with Crippen LogP contribution in [-0.4, -0.2) is 37.7 Å². The zero-order valence-electron chi connectivity index (χ0n) is 21.4. The number of imidazole rings is 1. The number of rotatable bonds is 11. The Hall–Kier alpha value is -4.46. The maximum atomic E-state index is 12.9. The molecule has 1 atom stereocenters. The minimum atomic E-state index is -1.36. The number of carbonyl (C=O) groups excluding carboxylic acids is 1. The van der Waals surface area contributed by atoms with Crippen LogP contribution in [0, 0.1) is 5.92 Å². The Balaban J connectivity index is 1.67. The SMILES string of the molecule is CCCCc1nc2ccc(C(=O)C(C)CC(=O)O)cc2n1Cc1ccc(-c2ccccc2OC(=O)O)cc1. The Bertz CT molecular complexity index is 1470. The molecule has 0 radical (unpaired) electrons. The van der Waals surface area contributed by atoms with Gasteiger partial charge < -0.3 is 19.5 Å². The number of carboxylic acid groups (broad SMARTS) is 2. The van der Waals surface area contributed by atoms with E-state index in [2.05, 4.69) is 11.5 Å². The summed E-state index contributed by atoms with van der Waals surface area (Å²) in [6, 6.07) is 20.1. The summed E-state index contributed by atoms with van der Waals surface area (Å²) in [6.07, 6.45) is 1.21. The minimum absolute atomic E-state index is 0.205. The van der Waals surface area contributed by atoms with Crippen LogP contribution in [0.5, 0.6) is 5.75 Å². The fourth-order valence-electron chi connectivity index (χ4n) is 4.53. The second kappa shape index (κ2) is 11.7. The average molecular weight is 515 g/mol. The van der Waals surface area contributed by atoms with Gasteiger partial charge in [0.1, 0.15) is 11.6 Å². The number of unbranched alkanes of at least 4 members (excludes halogenated alkanes) is 1. The van der Waals surface area contributed by atoms with E-state index >= 15 is 0 Å². The molecule has 0 aliphatic carbocycles. The van der Waals surface area contributed by atoms with Gasteiger partial charge in [-0.25, -0.2) is 9.78 Å². The number of aromatic nitrogens is 2. The smallest absolute Gasteiger partial charge is 0.481 e. The Kier molecular flexibility index (Phi) is 8.21. The lowest BCUT2D eigenvalue weighted by molar-refractivity contribution is -0.137. The first-order valence-corrected chi connectivity index (χ1v) is 12.6. The second-order valence-corrected chi connectivity index (χ2v) is 9.35. The lowest BCUT2D eigenvalue weighted by Gasteiger charge is -2.12. The van der Waals surface area contributed by atoms with Gasteiger partial charge in [-0.05, 0) is 41.8 Å². The molecule has 8 nitrogen and oxygen atoms in total. The number of carbonyl (C=O) groups is 3. The summed E-state index contributed by atoms with van der Waals surface area (Å²) in [5, 5.41) is 18.1. The number of ketones is 1. The number of para-hydroxylation sites is 1. The van der Waals surface area contributed by atoms with Crippen molar-refractivity contribution in [1.82, 2.24) is 9.55 Å². The van der Waals surface area contributed by atoms with Gasteiger partial charge >= 0.3 is 12.1 Å². The van der Waals surface area contributed by atoms with Crippen molar-refractivity contribution in [2.45, 2.75) is 46.1 Å². The number of hydrogen-bond acceptors (Lipinski definition) is 5. The van der Waals surface area contributed by atoms with E-state index in [1.807, 2.05) is 48.5 Å². The predicted molar refractivity (Wildman–Crippen MR) is 144 cm³/mol. The molecule has 1 unspecified atom stereocenters. The quantitative estimate of drug-likeness (QED) is 0.134. The van der Waals surface area contributed by atoms with E-state index in [0.717, 1.165) is 47.2 Å². The van der Waals surface area contributed by atoms with Gasteiger partial charge in [0.2, 0.25) is 0 Å². The molecule has 0 spiro atoms. The van der Waals surface area contributed by atoms with Crippen molar-refractivity contribution in [1.29, 1.82) is 0 Å². The number of aryl methyl sites for hydroxylation is 1. The zero-order valence-corrected chi connectivity index (χ0v) is 21.4. The van der Waals surface area contributed by atoms with Gasteiger partial charge in [-0.15, -0.1) is 0 Å². The van der Waals surface area contributed by atoms with Crippen LogP contribution >= 0.6 is 0 Å². The van der Waals surface area contributed by atoms with Gasteiger partial charge in [0.05, 0.1) is 17.5 Å². The lowest BCUT2D eigenvalue weighted by atomic mass is 9.96. The van der Waals surface area contributed by atoms with Gasteiger partial charge in [-0.3, -0.25) is 9.59 Å². The van der Waals surface area contributed by atoms with Crippen molar-refractivity contribution >= 4 is 28.9 Å². The number of nitrogens with zero attached hydrogens (tertiary/aromatic N) is 2. The number of Topliss-reactive ketones (excluding diaryl/α,β-unsaturated/α-hetero) is 1. The number of fused-ring (bicyclic) bond motifs is 1. The highest BCUT2D eigenvalue weighted by Crippen LogP contribution is 2.30. The Morgan fingerprint density at radius 3 is 2.42 bits per heavy atom. The summed E-state index contributed by atoms with van der Waals surface area (Å²) in [6.45, 7) is 4.29. The van der Waals surface area contributed by atoms with Crippen molar-refractivity contribution in [3.8, 4) is 16.9 Å². The number of benzene rings is 3. The third-order valence-electron chi connectivity index (χ3n) is 6.48. The fraction of sp³-hybridized carbons (Fsp3) is 0.267. The van der Waals surface area contributed by atoms with Crippen LogP contribution in [0.15, 0.2) is 66.7 Å². The predicted octanol–water partition coefficient (Wildman–Crippen LogP) is 6.44. The van der Waals surface area contributed by atoms with Crippen LogP contribution in [0.2, 0.25) is 0 Å². The molecule has 4 aromatic rings. The summed E-state index contributed by atoms with van der Waals surface area (Å²) >= 11 is 0. The van der Waals surface area contributed by atoms with Gasteiger partial charge in [0.25, 0.3) is 0 Å². The van der Waals surface area contributed by atoms with Crippen LogP contribution in [0.1, 0.15) is 54.9 Å². The molecule has 0 aliphatic rings. The van der Waals surface area contributed by atoms with E-state index in [9.17, 15) is 14.4 Å². The largest absolute Gasteiger partial charge is 0.511 e. The van der Waals surface area contributed by atoms with Crippen molar-refractivity contribution in [2.24, 2.45) is 5.92 Å². The highest BCUT2D eigenvalue weighted by molar-refractivity contribution is 6.01. The van der Waals surface area contributed by atoms with E-state index in [1.54, 1.807) is 25.1 Å². The normalized spacial score (nSPS) is 11.8. The molecule has 2 N–H and O–H groups in total. The van der Waals surface area contributed by atoms with Crippen molar-refractivity contribution in [2.75, 3.05) is 0 Å². The number of aliphatic carboxylic acids is 1. The molecule has 196 valence electrons. The summed E-state index contributed by atoms with van der Waals surface area (Å²) in [7, 11) is 0. The van der Waals surface area contributed by atoms with Crippen LogP contribution in [0.4, 0.5) is 4.79 Å². The van der Waals surface area contributed by atoms with Crippen LogP contribution in [0.25, 0.3) is 22.2 Å². The van der Waals surface area contributed by atoms with Gasteiger partial charge in [-0.2, -0.15) is 0 Å². The minimum Gasteiger partial charge on any atom is -0.481 e. The van der Waals surface area contributed by atoms with Crippen LogP contribution in [-0.2, 0) is 17.8 Å². The summed E-state index contributed by atoms with van der Waals surface area (Å²) in [5.74, 6) is -0.636. The first kappa shape index (κ1) is 26.6. The van der Waals surface area contributed by atoms with E-state index in [0.29, 0.717) is 17.7 Å². The summed E-state index contributed by atoms with van der Waals surface area (Å²) in [4.78, 5) is 39.9. The first-order valence-electron chi connectivity index (χ1n) is 12.6. The van der Waals surface area contributed by atoms with E-state index in [1.165, 1.54) is 0 Å². The maximum Gasteiger partial charge on any atom is 0.511 e. The van der Waals surface area contributed by atoms with Crippen molar-refractivity contribution < 1.29 is 29.3 Å². The topological polar surface area (TPSA) is 119 Å². The highest BCUT2D eigenvalue weighted by Gasteiger charge is 2.20. The van der Waals surface area contributed by atoms with Crippen molar-refractivity contribution in [3.63, 3.8) is 0 Å². The van der Waals surface area contributed by atoms with Crippen LogP contribution < -0.4 is 4.74 Å². The zero-order chi connectivity index (χ0) is 27.2. The fourth-order valence-corrected chi connectivity index (χ4v) is 4.53. The second-order valence-electron chi connectivity index (χ2n) is 9.35. The molecular weight excluding hydrogens is 484 g/mol. The molecule has 4 rings (SSSR count). The molecule has 38 heavy (non-hydrogen) atoms. The molecule has 0 amide bonds.